The van der Waals surface area contributed by atoms with Gasteiger partial charge in [0.05, 0.1) is 0 Å². The van der Waals surface area contributed by atoms with Gasteiger partial charge in [-0.25, -0.2) is 0 Å². The summed E-state index contributed by atoms with van der Waals surface area (Å²) < 4.78 is 4.89. The SMILES string of the molecule is CCOCC(=O)Nc1nnc(N)s1. The lowest BCUT2D eigenvalue weighted by Crippen LogP contribution is -2.17. The van der Waals surface area contributed by atoms with E-state index in [0.717, 1.165) is 11.3 Å². The molecule has 0 unspecified atom stereocenters. The number of nitrogens with two attached hydrogens (primary N) is 1. The fourth-order valence-electron chi connectivity index (χ4n) is 0.635. The summed E-state index contributed by atoms with van der Waals surface area (Å²) in [5.41, 5.74) is 5.32. The zero-order chi connectivity index (χ0) is 9.68. The van der Waals surface area contributed by atoms with Crippen molar-refractivity contribution in [3.05, 3.63) is 0 Å². The number of nitrogens with zero attached hydrogens (tertiary/aromatic N) is 2. The molecule has 1 amide bonds. The first-order valence-corrected chi connectivity index (χ1v) is 4.50. The van der Waals surface area contributed by atoms with Gasteiger partial charge in [-0.3, -0.25) is 10.1 Å². The first kappa shape index (κ1) is 9.87. The van der Waals surface area contributed by atoms with E-state index in [-0.39, 0.29) is 12.5 Å². The van der Waals surface area contributed by atoms with Crippen molar-refractivity contribution in [3.63, 3.8) is 0 Å². The summed E-state index contributed by atoms with van der Waals surface area (Å²) in [6.07, 6.45) is 0. The Morgan fingerprint density at radius 1 is 1.69 bits per heavy atom. The van der Waals surface area contributed by atoms with E-state index in [0.29, 0.717) is 16.9 Å². The molecule has 0 saturated carbocycles. The molecule has 0 aliphatic heterocycles. The van der Waals surface area contributed by atoms with Crippen LogP contribution >= 0.6 is 11.3 Å². The van der Waals surface area contributed by atoms with Crippen LogP contribution in [0.15, 0.2) is 0 Å². The number of amides is 1. The van der Waals surface area contributed by atoms with E-state index in [9.17, 15) is 4.79 Å². The Kier molecular flexibility index (Phi) is 3.59. The lowest BCUT2D eigenvalue weighted by atomic mass is 10.6. The number of nitrogen functional groups attached to an aromatic ring is 1. The van der Waals surface area contributed by atoms with Crippen LogP contribution in [0.3, 0.4) is 0 Å². The van der Waals surface area contributed by atoms with E-state index in [4.69, 9.17) is 10.5 Å². The van der Waals surface area contributed by atoms with Crippen LogP contribution in [-0.2, 0) is 9.53 Å². The second kappa shape index (κ2) is 4.73. The molecule has 1 aromatic rings. The highest BCUT2D eigenvalue weighted by molar-refractivity contribution is 7.18. The minimum atomic E-state index is -0.252. The number of carbonyl (C=O) groups is 1. The molecular weight excluding hydrogens is 192 g/mol. The van der Waals surface area contributed by atoms with E-state index in [1.54, 1.807) is 0 Å². The summed E-state index contributed by atoms with van der Waals surface area (Å²) in [6.45, 7) is 2.35. The molecule has 0 aromatic carbocycles. The first-order chi connectivity index (χ1) is 6.22. The summed E-state index contributed by atoms with van der Waals surface area (Å²) in [4.78, 5) is 11.0. The van der Waals surface area contributed by atoms with Crippen molar-refractivity contribution in [1.82, 2.24) is 10.2 Å². The smallest absolute Gasteiger partial charge is 0.252 e. The van der Waals surface area contributed by atoms with Crippen LogP contribution in [0.2, 0.25) is 0 Å². The molecule has 0 atom stereocenters. The number of rotatable bonds is 4. The summed E-state index contributed by atoms with van der Waals surface area (Å²) in [6, 6.07) is 0. The quantitative estimate of drug-likeness (QED) is 0.722. The van der Waals surface area contributed by atoms with Crippen molar-refractivity contribution in [2.45, 2.75) is 6.92 Å². The second-order valence-corrected chi connectivity index (χ2v) is 3.14. The molecule has 0 aliphatic carbocycles. The average Bonchev–Trinajstić information content (AvgIpc) is 2.48. The highest BCUT2D eigenvalue weighted by Crippen LogP contribution is 2.15. The minimum absolute atomic E-state index is 0.0238. The Morgan fingerprint density at radius 2 is 2.46 bits per heavy atom. The molecule has 1 aromatic heterocycles. The zero-order valence-electron chi connectivity index (χ0n) is 7.11. The van der Waals surface area contributed by atoms with E-state index in [1.807, 2.05) is 6.92 Å². The highest BCUT2D eigenvalue weighted by atomic mass is 32.1. The molecule has 6 nitrogen and oxygen atoms in total. The predicted molar refractivity (Wildman–Crippen MR) is 49.4 cm³/mol. The van der Waals surface area contributed by atoms with Crippen molar-refractivity contribution in [2.24, 2.45) is 0 Å². The molecule has 1 heterocycles. The van der Waals surface area contributed by atoms with Crippen LogP contribution in [0.4, 0.5) is 10.3 Å². The van der Waals surface area contributed by atoms with Gasteiger partial charge in [0.2, 0.25) is 10.3 Å². The number of carbonyl (C=O) groups excluding carboxylic acids is 1. The van der Waals surface area contributed by atoms with Crippen LogP contribution in [0.1, 0.15) is 6.92 Å². The standard InChI is InChI=1S/C6H10N4O2S/c1-2-12-3-4(11)8-6-10-9-5(7)13-6/h2-3H2,1H3,(H2,7,9)(H,8,10,11). The molecule has 13 heavy (non-hydrogen) atoms. The van der Waals surface area contributed by atoms with Gasteiger partial charge in [-0.05, 0) is 6.92 Å². The maximum absolute atomic E-state index is 11.0. The number of ether oxygens (including phenoxy) is 1. The summed E-state index contributed by atoms with van der Waals surface area (Å²) >= 11 is 1.12. The molecule has 0 aliphatic rings. The van der Waals surface area contributed by atoms with Crippen LogP contribution < -0.4 is 11.1 Å². The van der Waals surface area contributed by atoms with Gasteiger partial charge in [0, 0.05) is 6.61 Å². The van der Waals surface area contributed by atoms with Crippen molar-refractivity contribution < 1.29 is 9.53 Å². The van der Waals surface area contributed by atoms with Crippen LogP contribution in [0.5, 0.6) is 0 Å². The second-order valence-electron chi connectivity index (χ2n) is 2.13. The number of nitrogens with one attached hydrogen (secondary N) is 1. The van der Waals surface area contributed by atoms with Gasteiger partial charge >= 0.3 is 0 Å². The Labute approximate surface area is 79.1 Å². The highest BCUT2D eigenvalue weighted by Gasteiger charge is 2.05. The number of anilines is 2. The Bertz CT molecular complexity index is 288. The topological polar surface area (TPSA) is 90.1 Å². The van der Waals surface area contributed by atoms with Gasteiger partial charge in [-0.1, -0.05) is 11.3 Å². The third-order valence-corrected chi connectivity index (χ3v) is 1.79. The van der Waals surface area contributed by atoms with Gasteiger partial charge < -0.3 is 10.5 Å². The van der Waals surface area contributed by atoms with Gasteiger partial charge in [0.1, 0.15) is 6.61 Å². The van der Waals surface area contributed by atoms with Gasteiger partial charge in [0.25, 0.3) is 5.91 Å². The molecule has 0 fully saturated rings. The van der Waals surface area contributed by atoms with Crippen molar-refractivity contribution in [1.29, 1.82) is 0 Å². The van der Waals surface area contributed by atoms with Gasteiger partial charge in [-0.15, -0.1) is 10.2 Å². The van der Waals surface area contributed by atoms with Crippen LogP contribution in [-0.4, -0.2) is 29.3 Å². The fourth-order valence-corrected chi connectivity index (χ4v) is 1.16. The molecule has 7 heteroatoms. The van der Waals surface area contributed by atoms with E-state index >= 15 is 0 Å². The summed E-state index contributed by atoms with van der Waals surface area (Å²) in [5.74, 6) is -0.252. The van der Waals surface area contributed by atoms with Crippen LogP contribution in [0.25, 0.3) is 0 Å². The lowest BCUT2D eigenvalue weighted by Gasteiger charge is -1.99. The largest absolute Gasteiger partial charge is 0.374 e. The minimum Gasteiger partial charge on any atom is -0.374 e. The fraction of sp³-hybridized carbons (Fsp3) is 0.500. The zero-order valence-corrected chi connectivity index (χ0v) is 7.93. The normalized spacial score (nSPS) is 9.92. The molecule has 3 N–H and O–H groups in total. The molecule has 0 saturated heterocycles. The first-order valence-electron chi connectivity index (χ1n) is 3.69. The monoisotopic (exact) mass is 202 g/mol. The molecular formula is C6H10N4O2S. The predicted octanol–water partition coefficient (Wildman–Crippen LogP) is 0.0953. The van der Waals surface area contributed by atoms with Crippen molar-refractivity contribution in [2.75, 3.05) is 24.3 Å². The number of hydrogen-bond acceptors (Lipinski definition) is 6. The Balaban J connectivity index is 2.36. The Morgan fingerprint density at radius 3 is 3.00 bits per heavy atom. The van der Waals surface area contributed by atoms with Crippen molar-refractivity contribution >= 4 is 27.5 Å². The van der Waals surface area contributed by atoms with E-state index < -0.39 is 0 Å². The summed E-state index contributed by atoms with van der Waals surface area (Å²) in [7, 11) is 0. The van der Waals surface area contributed by atoms with E-state index in [2.05, 4.69) is 15.5 Å². The van der Waals surface area contributed by atoms with Gasteiger partial charge in [-0.2, -0.15) is 0 Å². The maximum Gasteiger partial charge on any atom is 0.252 e. The molecule has 0 radical (unpaired) electrons. The maximum atomic E-state index is 11.0. The number of aromatic nitrogens is 2. The Hall–Kier alpha value is -1.21. The van der Waals surface area contributed by atoms with Crippen molar-refractivity contribution in [3.8, 4) is 0 Å². The number of hydrogen-bond donors (Lipinski definition) is 2. The third-order valence-electron chi connectivity index (χ3n) is 1.12. The molecule has 0 spiro atoms. The third kappa shape index (κ3) is 3.34. The molecule has 72 valence electrons. The molecule has 1 rings (SSSR count). The van der Waals surface area contributed by atoms with E-state index in [1.165, 1.54) is 0 Å². The average molecular weight is 202 g/mol. The van der Waals surface area contributed by atoms with Crippen LogP contribution in [0, 0.1) is 0 Å². The van der Waals surface area contributed by atoms with Gasteiger partial charge in [0.15, 0.2) is 0 Å². The molecule has 0 bridgehead atoms. The summed E-state index contributed by atoms with van der Waals surface area (Å²) in [5, 5.41) is 10.4. The lowest BCUT2D eigenvalue weighted by molar-refractivity contribution is -0.120.